The Morgan fingerprint density at radius 1 is 0.867 bits per heavy atom. The summed E-state index contributed by atoms with van der Waals surface area (Å²) < 4.78 is 2.14. The molecule has 5 rings (SSSR count). The Morgan fingerprint density at radius 3 is 2.43 bits per heavy atom. The zero-order chi connectivity index (χ0) is 20.5. The summed E-state index contributed by atoms with van der Waals surface area (Å²) in [5.41, 5.74) is 5.48. The third-order valence-corrected chi connectivity index (χ3v) is 5.82. The number of hydrogen-bond acceptors (Lipinski definition) is 5. The van der Waals surface area contributed by atoms with Crippen LogP contribution < -0.4 is 10.2 Å². The van der Waals surface area contributed by atoms with Crippen LogP contribution >= 0.6 is 0 Å². The van der Waals surface area contributed by atoms with Gasteiger partial charge in [-0.3, -0.25) is 0 Å². The van der Waals surface area contributed by atoms with E-state index in [4.69, 9.17) is 4.98 Å². The first-order chi connectivity index (χ1) is 14.7. The van der Waals surface area contributed by atoms with Gasteiger partial charge < -0.3 is 19.7 Å². The predicted molar refractivity (Wildman–Crippen MR) is 123 cm³/mol. The lowest BCUT2D eigenvalue weighted by atomic mass is 10.1. The number of aryl methyl sites for hydroxylation is 1. The summed E-state index contributed by atoms with van der Waals surface area (Å²) in [6, 6.07) is 18.9. The van der Waals surface area contributed by atoms with Crippen LogP contribution in [0.3, 0.4) is 0 Å². The molecule has 0 bridgehead atoms. The molecule has 3 heterocycles. The third kappa shape index (κ3) is 3.62. The highest BCUT2D eigenvalue weighted by Crippen LogP contribution is 2.29. The molecule has 1 aliphatic rings. The fourth-order valence-corrected chi connectivity index (χ4v) is 4.06. The SMILES string of the molecule is CN1CCN(c2ccc(Nc3nccc(-c4cn(C)c5ccccc45)n3)cc2)CC1. The van der Waals surface area contributed by atoms with Gasteiger partial charge in [0.1, 0.15) is 0 Å². The number of nitrogens with one attached hydrogen (secondary N) is 1. The molecule has 0 atom stereocenters. The first-order valence-electron chi connectivity index (χ1n) is 10.4. The van der Waals surface area contributed by atoms with Crippen LogP contribution in [0.25, 0.3) is 22.2 Å². The second-order valence-corrected chi connectivity index (χ2v) is 7.90. The van der Waals surface area contributed by atoms with Gasteiger partial charge in [0.2, 0.25) is 5.95 Å². The lowest BCUT2D eigenvalue weighted by Crippen LogP contribution is -2.44. The van der Waals surface area contributed by atoms with E-state index in [0.717, 1.165) is 43.1 Å². The van der Waals surface area contributed by atoms with Crippen molar-refractivity contribution in [1.29, 1.82) is 0 Å². The van der Waals surface area contributed by atoms with Crippen molar-refractivity contribution in [3.05, 3.63) is 67.0 Å². The molecule has 0 radical (unpaired) electrons. The van der Waals surface area contributed by atoms with Crippen molar-refractivity contribution < 1.29 is 0 Å². The monoisotopic (exact) mass is 398 g/mol. The summed E-state index contributed by atoms with van der Waals surface area (Å²) in [7, 11) is 4.24. The van der Waals surface area contributed by atoms with Crippen molar-refractivity contribution in [2.45, 2.75) is 0 Å². The van der Waals surface area contributed by atoms with Crippen LogP contribution in [0.2, 0.25) is 0 Å². The van der Waals surface area contributed by atoms with Gasteiger partial charge in [0.25, 0.3) is 0 Å². The lowest BCUT2D eigenvalue weighted by Gasteiger charge is -2.34. The van der Waals surface area contributed by atoms with Crippen molar-refractivity contribution in [1.82, 2.24) is 19.4 Å². The van der Waals surface area contributed by atoms with E-state index in [1.54, 1.807) is 0 Å². The molecule has 2 aromatic carbocycles. The highest BCUT2D eigenvalue weighted by atomic mass is 15.2. The number of benzene rings is 2. The maximum Gasteiger partial charge on any atom is 0.227 e. The quantitative estimate of drug-likeness (QED) is 0.560. The molecule has 1 saturated heterocycles. The van der Waals surface area contributed by atoms with Gasteiger partial charge in [-0.1, -0.05) is 18.2 Å². The Balaban J connectivity index is 1.36. The zero-order valence-electron chi connectivity index (χ0n) is 17.4. The van der Waals surface area contributed by atoms with Crippen LogP contribution in [0, 0.1) is 0 Å². The summed E-state index contributed by atoms with van der Waals surface area (Å²) in [5, 5.41) is 4.55. The molecule has 1 fully saturated rings. The fourth-order valence-electron chi connectivity index (χ4n) is 4.06. The Morgan fingerprint density at radius 2 is 1.63 bits per heavy atom. The van der Waals surface area contributed by atoms with Crippen LogP contribution in [0.15, 0.2) is 67.0 Å². The van der Waals surface area contributed by atoms with E-state index in [2.05, 4.69) is 93.5 Å². The number of hydrogen-bond donors (Lipinski definition) is 1. The number of anilines is 3. The lowest BCUT2D eigenvalue weighted by molar-refractivity contribution is 0.313. The van der Waals surface area contributed by atoms with Gasteiger partial charge in [-0.25, -0.2) is 9.97 Å². The smallest absolute Gasteiger partial charge is 0.227 e. The van der Waals surface area contributed by atoms with Gasteiger partial charge in [-0.2, -0.15) is 0 Å². The van der Waals surface area contributed by atoms with Gasteiger partial charge >= 0.3 is 0 Å². The van der Waals surface area contributed by atoms with E-state index in [9.17, 15) is 0 Å². The molecule has 2 aromatic heterocycles. The number of rotatable bonds is 4. The van der Waals surface area contributed by atoms with Gasteiger partial charge in [0.15, 0.2) is 0 Å². The molecule has 6 heteroatoms. The summed E-state index contributed by atoms with van der Waals surface area (Å²) in [4.78, 5) is 14.0. The van der Waals surface area contributed by atoms with E-state index in [1.807, 2.05) is 12.3 Å². The Hall–Kier alpha value is -3.38. The topological polar surface area (TPSA) is 49.2 Å². The molecular weight excluding hydrogens is 372 g/mol. The Kier molecular flexibility index (Phi) is 4.85. The summed E-state index contributed by atoms with van der Waals surface area (Å²) in [6.07, 6.45) is 3.94. The molecule has 152 valence electrons. The van der Waals surface area contributed by atoms with Gasteiger partial charge in [0, 0.05) is 73.5 Å². The number of aromatic nitrogens is 3. The molecule has 0 spiro atoms. The van der Waals surface area contributed by atoms with Crippen molar-refractivity contribution in [2.24, 2.45) is 7.05 Å². The molecule has 1 aliphatic heterocycles. The van der Waals surface area contributed by atoms with Crippen LogP contribution in [0.1, 0.15) is 0 Å². The van der Waals surface area contributed by atoms with E-state index in [1.165, 1.54) is 16.6 Å². The maximum absolute atomic E-state index is 4.77. The molecule has 30 heavy (non-hydrogen) atoms. The van der Waals surface area contributed by atoms with Crippen molar-refractivity contribution >= 4 is 28.2 Å². The van der Waals surface area contributed by atoms with Gasteiger partial charge in [-0.15, -0.1) is 0 Å². The van der Waals surface area contributed by atoms with E-state index in [-0.39, 0.29) is 0 Å². The molecular formula is C24H26N6. The zero-order valence-corrected chi connectivity index (χ0v) is 17.4. The molecule has 0 saturated carbocycles. The number of para-hydroxylation sites is 1. The summed E-state index contributed by atoms with van der Waals surface area (Å²) in [6.45, 7) is 4.35. The molecule has 6 nitrogen and oxygen atoms in total. The predicted octanol–water partition coefficient (Wildman–Crippen LogP) is 4.13. The fraction of sp³-hybridized carbons (Fsp3) is 0.250. The van der Waals surface area contributed by atoms with Crippen LogP contribution in [0.5, 0.6) is 0 Å². The standard InChI is InChI=1S/C24H26N6/c1-28-13-15-30(16-14-28)19-9-7-18(8-10-19)26-24-25-12-11-22(27-24)21-17-29(2)23-6-4-3-5-20(21)23/h3-12,17H,13-16H2,1-2H3,(H,25,26,27). The normalized spacial score (nSPS) is 14.9. The van der Waals surface area contributed by atoms with Crippen molar-refractivity contribution in [3.63, 3.8) is 0 Å². The minimum atomic E-state index is 0.604. The number of piperazine rings is 1. The summed E-state index contributed by atoms with van der Waals surface area (Å²) >= 11 is 0. The highest BCUT2D eigenvalue weighted by molar-refractivity contribution is 5.95. The van der Waals surface area contributed by atoms with Crippen LogP contribution in [-0.4, -0.2) is 52.7 Å². The molecule has 0 unspecified atom stereocenters. The second kappa shape index (κ2) is 7.80. The molecule has 4 aromatic rings. The van der Waals surface area contributed by atoms with Crippen LogP contribution in [0.4, 0.5) is 17.3 Å². The minimum Gasteiger partial charge on any atom is -0.369 e. The number of fused-ring (bicyclic) bond motifs is 1. The van der Waals surface area contributed by atoms with Gasteiger partial charge in [0.05, 0.1) is 5.69 Å². The largest absolute Gasteiger partial charge is 0.369 e. The third-order valence-electron chi connectivity index (χ3n) is 5.82. The van der Waals surface area contributed by atoms with E-state index < -0.39 is 0 Å². The first-order valence-corrected chi connectivity index (χ1v) is 10.4. The second-order valence-electron chi connectivity index (χ2n) is 7.90. The average molecular weight is 399 g/mol. The maximum atomic E-state index is 4.77. The van der Waals surface area contributed by atoms with Crippen molar-refractivity contribution in [2.75, 3.05) is 43.4 Å². The number of likely N-dealkylation sites (N-methyl/N-ethyl adjacent to an activating group) is 1. The average Bonchev–Trinajstić information content (AvgIpc) is 3.12. The highest BCUT2D eigenvalue weighted by Gasteiger charge is 2.14. The van der Waals surface area contributed by atoms with E-state index in [0.29, 0.717) is 5.95 Å². The van der Waals surface area contributed by atoms with Crippen LogP contribution in [-0.2, 0) is 7.05 Å². The van der Waals surface area contributed by atoms with Crippen molar-refractivity contribution in [3.8, 4) is 11.3 Å². The van der Waals surface area contributed by atoms with Gasteiger partial charge in [-0.05, 0) is 43.4 Å². The minimum absolute atomic E-state index is 0.604. The Labute approximate surface area is 176 Å². The van der Waals surface area contributed by atoms with E-state index >= 15 is 0 Å². The number of nitrogens with zero attached hydrogens (tertiary/aromatic N) is 5. The Bertz CT molecular complexity index is 1160. The molecule has 0 aliphatic carbocycles. The summed E-state index contributed by atoms with van der Waals surface area (Å²) in [5.74, 6) is 0.604. The molecule has 0 amide bonds. The molecule has 1 N–H and O–H groups in total. The first kappa shape index (κ1) is 18.6.